The zero-order chi connectivity index (χ0) is 15.4. The summed E-state index contributed by atoms with van der Waals surface area (Å²) in [6, 6.07) is 6.83. The van der Waals surface area contributed by atoms with Gasteiger partial charge in [0.1, 0.15) is 0 Å². The summed E-state index contributed by atoms with van der Waals surface area (Å²) < 4.78 is 0. The summed E-state index contributed by atoms with van der Waals surface area (Å²) >= 11 is 0. The Labute approximate surface area is 131 Å². The second-order valence-electron chi connectivity index (χ2n) is 7.16. The van der Waals surface area contributed by atoms with E-state index in [1.165, 1.54) is 33.4 Å². The average molecular weight is 293 g/mol. The van der Waals surface area contributed by atoms with Crippen molar-refractivity contribution in [3.05, 3.63) is 57.7 Å². The monoisotopic (exact) mass is 293 g/mol. The van der Waals surface area contributed by atoms with Gasteiger partial charge in [0.2, 0.25) is 0 Å². The van der Waals surface area contributed by atoms with Crippen LogP contribution in [0.1, 0.15) is 49.8 Å². The van der Waals surface area contributed by atoms with Crippen molar-refractivity contribution in [2.45, 2.75) is 52.1 Å². The third-order valence-corrected chi connectivity index (χ3v) is 6.19. The first-order valence-corrected chi connectivity index (χ1v) is 8.68. The molecule has 0 saturated heterocycles. The van der Waals surface area contributed by atoms with Gasteiger partial charge in [-0.3, -0.25) is 0 Å². The first-order chi connectivity index (χ1) is 9.78. The molecule has 1 aromatic rings. The Bertz CT molecular complexity index is 692. The van der Waals surface area contributed by atoms with Crippen LogP contribution >= 0.6 is 8.58 Å². The van der Waals surface area contributed by atoms with Gasteiger partial charge >= 0.3 is 131 Å². The zero-order valence-corrected chi connectivity index (χ0v) is 14.7. The van der Waals surface area contributed by atoms with Gasteiger partial charge in [0.15, 0.2) is 0 Å². The van der Waals surface area contributed by atoms with Crippen LogP contribution in [0, 0.1) is 13.8 Å². The molecule has 0 aromatic heterocycles. The van der Waals surface area contributed by atoms with Crippen molar-refractivity contribution in [2.75, 3.05) is 0 Å². The van der Waals surface area contributed by atoms with Gasteiger partial charge in [0.25, 0.3) is 0 Å². The third kappa shape index (κ3) is 2.62. The number of benzene rings is 1. The van der Waals surface area contributed by atoms with E-state index in [2.05, 4.69) is 58.9 Å². The average Bonchev–Trinajstić information content (AvgIpc) is 2.69. The van der Waals surface area contributed by atoms with Crippen molar-refractivity contribution in [2.24, 2.45) is 0 Å². The van der Waals surface area contributed by atoms with Crippen molar-refractivity contribution in [1.29, 1.82) is 0 Å². The Morgan fingerprint density at radius 2 is 1.86 bits per heavy atom. The molecule has 21 heavy (non-hydrogen) atoms. The van der Waals surface area contributed by atoms with E-state index in [-0.39, 0.29) is 0 Å². The fourth-order valence-corrected chi connectivity index (χ4v) is 4.97. The van der Waals surface area contributed by atoms with Gasteiger partial charge in [-0.15, -0.1) is 0 Å². The first kappa shape index (κ1) is 15.0. The third-order valence-electron chi connectivity index (χ3n) is 4.80. The molecule has 0 N–H and O–H groups in total. The van der Waals surface area contributed by atoms with Crippen LogP contribution in [0.15, 0.2) is 41.0 Å². The Morgan fingerprint density at radius 3 is 2.52 bits per heavy atom. The van der Waals surface area contributed by atoms with E-state index >= 15 is 0 Å². The van der Waals surface area contributed by atoms with Crippen LogP contribution in [0.2, 0.25) is 0 Å². The molecule has 2 heteroatoms. The minimum atomic E-state index is 0.316. The van der Waals surface area contributed by atoms with Crippen molar-refractivity contribution < 1.29 is 0 Å². The molecule has 0 bridgehead atoms. The molecule has 0 nitrogen and oxygen atoms in total. The molecule has 1 aromatic carbocycles. The van der Waals surface area contributed by atoms with Gasteiger partial charge in [-0.05, 0) is 0 Å². The Kier molecular flexibility index (Phi) is 3.61. The summed E-state index contributed by atoms with van der Waals surface area (Å²) in [6.07, 6.45) is 3.57. The Hall–Kier alpha value is -0.935. The fourth-order valence-electron chi connectivity index (χ4n) is 3.54. The van der Waals surface area contributed by atoms with Crippen molar-refractivity contribution in [3.8, 4) is 0 Å². The van der Waals surface area contributed by atoms with Gasteiger partial charge in [-0.2, -0.15) is 0 Å². The summed E-state index contributed by atoms with van der Waals surface area (Å²) in [5, 5.41) is 1.44. The summed E-state index contributed by atoms with van der Waals surface area (Å²) in [6.45, 7) is 11.3. The van der Waals surface area contributed by atoms with E-state index < -0.39 is 0 Å². The molecule has 1 heterocycles. The van der Waals surface area contributed by atoms with Gasteiger partial charge in [0, 0.05) is 0 Å². The molecule has 3 rings (SSSR count). The maximum atomic E-state index is 6.49. The standard InChI is InChI=1S/C19H23BP/c1-11-6-7-14(8-12(11)2)15-9-13(3)16-10-19(4,5)21-18(20)17(15)16/h6-9,15,21H,10H2,1-5H3. The van der Waals surface area contributed by atoms with Crippen LogP contribution in [-0.2, 0) is 0 Å². The zero-order valence-electron chi connectivity index (χ0n) is 13.7. The summed E-state index contributed by atoms with van der Waals surface area (Å²) in [5.74, 6) is 0.364. The molecule has 0 saturated carbocycles. The number of aryl methyl sites for hydroxylation is 2. The van der Waals surface area contributed by atoms with Gasteiger partial charge < -0.3 is 0 Å². The van der Waals surface area contributed by atoms with Crippen molar-refractivity contribution in [1.82, 2.24) is 0 Å². The summed E-state index contributed by atoms with van der Waals surface area (Å²) in [4.78, 5) is 0. The van der Waals surface area contributed by atoms with Crippen LogP contribution in [0.3, 0.4) is 0 Å². The SMILES string of the molecule is [B]=C1PC(C)(C)CC2=C1C(c1ccc(C)c(C)c1)C=C2C. The van der Waals surface area contributed by atoms with Crippen LogP contribution in [0.5, 0.6) is 0 Å². The molecule has 0 spiro atoms. The predicted molar refractivity (Wildman–Crippen MR) is 97.2 cm³/mol. The van der Waals surface area contributed by atoms with E-state index in [1.54, 1.807) is 0 Å². The van der Waals surface area contributed by atoms with E-state index in [0.29, 0.717) is 11.1 Å². The predicted octanol–water partition coefficient (Wildman–Crippen LogP) is 4.80. The molecule has 1 aliphatic heterocycles. The summed E-state index contributed by atoms with van der Waals surface area (Å²) in [7, 11) is 7.23. The number of hydrogen-bond donors (Lipinski definition) is 0. The molecule has 2 aliphatic rings. The molecule has 1 radical (unpaired) electrons. The second kappa shape index (κ2) is 5.06. The topological polar surface area (TPSA) is 0 Å². The van der Waals surface area contributed by atoms with Crippen molar-refractivity contribution >= 4 is 21.3 Å². The molecule has 2 unspecified atom stereocenters. The van der Waals surface area contributed by atoms with Crippen molar-refractivity contribution in [3.63, 3.8) is 0 Å². The van der Waals surface area contributed by atoms with E-state index in [1.807, 2.05) is 0 Å². The van der Waals surface area contributed by atoms with Crippen LogP contribution in [0.25, 0.3) is 0 Å². The molecule has 0 amide bonds. The molecule has 107 valence electrons. The van der Waals surface area contributed by atoms with Crippen LogP contribution in [-0.4, -0.2) is 17.8 Å². The first-order valence-electron chi connectivity index (χ1n) is 7.68. The second-order valence-corrected chi connectivity index (χ2v) is 9.30. The molecular weight excluding hydrogens is 270 g/mol. The van der Waals surface area contributed by atoms with Gasteiger partial charge in [-0.25, -0.2) is 0 Å². The normalized spacial score (nSPS) is 25.2. The molecule has 0 fully saturated rings. The van der Waals surface area contributed by atoms with Gasteiger partial charge in [-0.1, -0.05) is 0 Å². The fraction of sp³-hybridized carbons (Fsp3) is 0.421. The van der Waals surface area contributed by atoms with E-state index in [9.17, 15) is 0 Å². The van der Waals surface area contributed by atoms with Crippen LogP contribution in [0.4, 0.5) is 0 Å². The summed E-state index contributed by atoms with van der Waals surface area (Å²) in [5.41, 5.74) is 8.44. The van der Waals surface area contributed by atoms with Gasteiger partial charge in [0.05, 0.1) is 0 Å². The quantitative estimate of drug-likeness (QED) is 0.515. The Morgan fingerprint density at radius 1 is 1.14 bits per heavy atom. The molecular formula is C19H23BP. The Balaban J connectivity index is 2.08. The molecule has 1 aliphatic carbocycles. The maximum absolute atomic E-state index is 6.49. The van der Waals surface area contributed by atoms with Crippen LogP contribution < -0.4 is 0 Å². The van der Waals surface area contributed by atoms with E-state index in [0.717, 1.165) is 20.2 Å². The number of hydrogen-bond acceptors (Lipinski definition) is 0. The van der Waals surface area contributed by atoms with E-state index in [4.69, 9.17) is 7.49 Å². The number of rotatable bonds is 1. The minimum absolute atomic E-state index is 0.316. The molecule has 2 atom stereocenters. The number of allylic oxidation sites excluding steroid dienone is 4.